The number of nitrogens with one attached hydrogen (secondary N) is 1. The summed E-state index contributed by atoms with van der Waals surface area (Å²) < 4.78 is 1.88. The van der Waals surface area contributed by atoms with Crippen LogP contribution in [0.15, 0.2) is 55.0 Å². The molecule has 0 saturated heterocycles. The van der Waals surface area contributed by atoms with Gasteiger partial charge in [0, 0.05) is 12.2 Å². The summed E-state index contributed by atoms with van der Waals surface area (Å²) in [5.41, 5.74) is 9.90. The predicted molar refractivity (Wildman–Crippen MR) is 114 cm³/mol. The molecule has 0 aliphatic heterocycles. The molecular weight excluding hydrogens is 384 g/mol. The minimum absolute atomic E-state index is 0.296. The van der Waals surface area contributed by atoms with E-state index >= 15 is 0 Å². The molecule has 4 aromatic rings. The fourth-order valence-corrected chi connectivity index (χ4v) is 4.59. The van der Waals surface area contributed by atoms with Gasteiger partial charge < -0.3 is 15.6 Å². The molecule has 3 aromatic heterocycles. The smallest absolute Gasteiger partial charge is 0.268 e. The number of carbonyl (C=O) groups is 1. The molecule has 0 atom stereocenters. The van der Waals surface area contributed by atoms with Gasteiger partial charge in [0.1, 0.15) is 0 Å². The van der Waals surface area contributed by atoms with E-state index in [2.05, 4.69) is 33.0 Å². The van der Waals surface area contributed by atoms with E-state index in [1.54, 1.807) is 0 Å². The second-order valence-electron chi connectivity index (χ2n) is 7.15. The molecule has 146 valence electrons. The number of benzene rings is 1. The maximum Gasteiger partial charge on any atom is 0.268 e. The summed E-state index contributed by atoms with van der Waals surface area (Å²) in [5, 5.41) is 5.33. The molecule has 1 aromatic carbocycles. The van der Waals surface area contributed by atoms with Crippen LogP contribution < -0.4 is 10.6 Å². The van der Waals surface area contributed by atoms with Gasteiger partial charge in [0.15, 0.2) is 10.8 Å². The second kappa shape index (κ2) is 6.89. The topological polar surface area (TPSA) is 92.8 Å². The SMILES string of the molecule is Cc1ccccc1-n1cc(N(c2nc(C(N)=O)c(-c3ccc[nH]3)s2)C2CC2)cn1. The third kappa shape index (κ3) is 3.21. The summed E-state index contributed by atoms with van der Waals surface area (Å²) in [6.07, 6.45) is 7.85. The number of aromatic nitrogens is 4. The van der Waals surface area contributed by atoms with Crippen LogP contribution in [0.25, 0.3) is 16.3 Å². The summed E-state index contributed by atoms with van der Waals surface area (Å²) in [5.74, 6) is -0.525. The van der Waals surface area contributed by atoms with E-state index in [1.807, 2.05) is 53.6 Å². The molecule has 0 spiro atoms. The van der Waals surface area contributed by atoms with E-state index in [1.165, 1.54) is 11.3 Å². The van der Waals surface area contributed by atoms with Crippen molar-refractivity contribution in [2.45, 2.75) is 25.8 Å². The highest BCUT2D eigenvalue weighted by Crippen LogP contribution is 2.43. The Morgan fingerprint density at radius 2 is 2.10 bits per heavy atom. The number of para-hydroxylation sites is 1. The van der Waals surface area contributed by atoms with Crippen LogP contribution in [0.3, 0.4) is 0 Å². The summed E-state index contributed by atoms with van der Waals surface area (Å²) in [7, 11) is 0. The molecule has 1 saturated carbocycles. The lowest BCUT2D eigenvalue weighted by Crippen LogP contribution is -2.19. The Kier molecular flexibility index (Phi) is 4.21. The Morgan fingerprint density at radius 1 is 1.28 bits per heavy atom. The van der Waals surface area contributed by atoms with Gasteiger partial charge in [-0.3, -0.25) is 4.79 Å². The van der Waals surface area contributed by atoms with Crippen LogP contribution in [0.5, 0.6) is 0 Å². The van der Waals surface area contributed by atoms with Crippen LogP contribution >= 0.6 is 11.3 Å². The number of nitrogens with two attached hydrogens (primary N) is 1. The first kappa shape index (κ1) is 17.7. The van der Waals surface area contributed by atoms with Crippen LogP contribution in [0.4, 0.5) is 10.8 Å². The number of anilines is 2. The standard InChI is InChI=1S/C21H20N6OS/c1-13-5-2-3-7-17(13)26-12-15(11-24-26)27(14-8-9-14)21-25-18(20(22)28)19(29-21)16-6-4-10-23-16/h2-7,10-12,14,23H,8-9H2,1H3,(H2,22,28). The lowest BCUT2D eigenvalue weighted by Gasteiger charge is -2.19. The first-order valence-electron chi connectivity index (χ1n) is 9.46. The first-order valence-corrected chi connectivity index (χ1v) is 10.3. The molecule has 7 nitrogen and oxygen atoms in total. The van der Waals surface area contributed by atoms with E-state index < -0.39 is 5.91 Å². The van der Waals surface area contributed by atoms with Crippen molar-refractivity contribution >= 4 is 28.1 Å². The van der Waals surface area contributed by atoms with Crippen molar-refractivity contribution in [1.29, 1.82) is 0 Å². The Balaban J connectivity index is 1.57. The molecular formula is C21H20N6OS. The number of aryl methyl sites for hydroxylation is 1. The number of carbonyl (C=O) groups excluding carboxylic acids is 1. The van der Waals surface area contributed by atoms with Crippen molar-refractivity contribution in [3.63, 3.8) is 0 Å². The van der Waals surface area contributed by atoms with E-state index in [-0.39, 0.29) is 0 Å². The number of primary amides is 1. The zero-order valence-corrected chi connectivity index (χ0v) is 16.7. The number of H-pyrrole nitrogens is 1. The highest BCUT2D eigenvalue weighted by atomic mass is 32.1. The average Bonchev–Trinajstić information content (AvgIpc) is 3.13. The molecule has 3 heterocycles. The van der Waals surface area contributed by atoms with E-state index in [0.29, 0.717) is 11.7 Å². The molecule has 3 N–H and O–H groups in total. The average molecular weight is 404 g/mol. The van der Waals surface area contributed by atoms with Gasteiger partial charge in [0.2, 0.25) is 0 Å². The number of hydrogen-bond acceptors (Lipinski definition) is 5. The van der Waals surface area contributed by atoms with Gasteiger partial charge in [-0.05, 0) is 43.5 Å². The van der Waals surface area contributed by atoms with Gasteiger partial charge >= 0.3 is 0 Å². The van der Waals surface area contributed by atoms with Gasteiger partial charge in [-0.2, -0.15) is 5.10 Å². The Labute approximate surface area is 171 Å². The van der Waals surface area contributed by atoms with Crippen LogP contribution in [0.1, 0.15) is 28.9 Å². The van der Waals surface area contributed by atoms with Gasteiger partial charge in [-0.15, -0.1) is 0 Å². The van der Waals surface area contributed by atoms with Crippen molar-refractivity contribution in [3.8, 4) is 16.3 Å². The first-order chi connectivity index (χ1) is 14.1. The number of rotatable bonds is 6. The molecule has 1 aliphatic rings. The van der Waals surface area contributed by atoms with Crippen LogP contribution in [0, 0.1) is 6.92 Å². The normalized spacial score (nSPS) is 13.6. The van der Waals surface area contributed by atoms with Gasteiger partial charge in [0.25, 0.3) is 5.91 Å². The Hall–Kier alpha value is -3.39. The summed E-state index contributed by atoms with van der Waals surface area (Å²) in [6, 6.07) is 12.3. The van der Waals surface area contributed by atoms with Gasteiger partial charge in [-0.1, -0.05) is 29.5 Å². The number of nitrogens with zero attached hydrogens (tertiary/aromatic N) is 4. The number of aromatic amines is 1. The minimum atomic E-state index is -0.525. The molecule has 0 unspecified atom stereocenters. The highest BCUT2D eigenvalue weighted by Gasteiger charge is 2.34. The highest BCUT2D eigenvalue weighted by molar-refractivity contribution is 7.19. The van der Waals surface area contributed by atoms with Crippen molar-refractivity contribution in [3.05, 3.63) is 66.2 Å². The Bertz CT molecular complexity index is 1170. The Morgan fingerprint density at radius 3 is 2.79 bits per heavy atom. The minimum Gasteiger partial charge on any atom is -0.364 e. The molecule has 1 amide bonds. The zero-order valence-electron chi connectivity index (χ0n) is 15.9. The van der Waals surface area contributed by atoms with Gasteiger partial charge in [0.05, 0.1) is 34.3 Å². The number of amides is 1. The van der Waals surface area contributed by atoms with E-state index in [0.717, 1.165) is 45.5 Å². The van der Waals surface area contributed by atoms with E-state index in [9.17, 15) is 4.79 Å². The van der Waals surface area contributed by atoms with Gasteiger partial charge in [-0.25, -0.2) is 9.67 Å². The maximum atomic E-state index is 12.0. The molecule has 8 heteroatoms. The predicted octanol–water partition coefficient (Wildman–Crippen LogP) is 4.03. The summed E-state index contributed by atoms with van der Waals surface area (Å²) >= 11 is 1.47. The zero-order chi connectivity index (χ0) is 20.0. The van der Waals surface area contributed by atoms with Crippen LogP contribution in [0.2, 0.25) is 0 Å². The molecule has 0 bridgehead atoms. The maximum absolute atomic E-state index is 12.0. The van der Waals surface area contributed by atoms with Crippen molar-refractivity contribution < 1.29 is 4.79 Å². The lowest BCUT2D eigenvalue weighted by atomic mass is 10.2. The van der Waals surface area contributed by atoms with Crippen molar-refractivity contribution in [2.75, 3.05) is 4.90 Å². The van der Waals surface area contributed by atoms with Crippen molar-refractivity contribution in [2.24, 2.45) is 5.73 Å². The summed E-state index contributed by atoms with van der Waals surface area (Å²) in [4.78, 5) is 22.7. The fourth-order valence-electron chi connectivity index (χ4n) is 3.43. The fraction of sp³-hybridized carbons (Fsp3) is 0.190. The van der Waals surface area contributed by atoms with Crippen LogP contribution in [-0.4, -0.2) is 31.7 Å². The van der Waals surface area contributed by atoms with Crippen molar-refractivity contribution in [1.82, 2.24) is 19.7 Å². The molecule has 29 heavy (non-hydrogen) atoms. The number of hydrogen-bond donors (Lipinski definition) is 2. The summed E-state index contributed by atoms with van der Waals surface area (Å²) in [6.45, 7) is 2.07. The lowest BCUT2D eigenvalue weighted by molar-refractivity contribution is 0.0997. The largest absolute Gasteiger partial charge is 0.364 e. The molecule has 5 rings (SSSR count). The third-order valence-corrected chi connectivity index (χ3v) is 6.11. The molecule has 0 radical (unpaired) electrons. The molecule has 1 fully saturated rings. The van der Waals surface area contributed by atoms with Crippen LogP contribution in [-0.2, 0) is 0 Å². The monoisotopic (exact) mass is 404 g/mol. The second-order valence-corrected chi connectivity index (χ2v) is 8.13. The van der Waals surface area contributed by atoms with E-state index in [4.69, 9.17) is 5.73 Å². The molecule has 1 aliphatic carbocycles. The third-order valence-electron chi connectivity index (χ3n) is 5.02. The quantitative estimate of drug-likeness (QED) is 0.507. The number of thiazole rings is 1.